The molecule has 0 amide bonds. The number of aliphatic hydroxyl groups is 1. The molecule has 0 aliphatic heterocycles. The summed E-state index contributed by atoms with van der Waals surface area (Å²) in [6, 6.07) is 0. The third kappa shape index (κ3) is 2.61. The Morgan fingerprint density at radius 3 is 2.40 bits per heavy atom. The molecule has 9 atom stereocenters. The van der Waals surface area contributed by atoms with Crippen molar-refractivity contribution in [2.45, 2.75) is 105 Å². The minimum absolute atomic E-state index is 0.0361. The molecule has 4 saturated carbocycles. The van der Waals surface area contributed by atoms with Gasteiger partial charge in [-0.1, -0.05) is 53.5 Å². The molecule has 30 heavy (non-hydrogen) atoms. The second kappa shape index (κ2) is 6.46. The van der Waals surface area contributed by atoms with Crippen LogP contribution in [-0.2, 0) is 4.79 Å². The number of ketones is 1. The first-order valence-electron chi connectivity index (χ1n) is 12.9. The Morgan fingerprint density at radius 1 is 0.933 bits per heavy atom. The van der Waals surface area contributed by atoms with Gasteiger partial charge in [0.25, 0.3) is 0 Å². The molecule has 0 heterocycles. The summed E-state index contributed by atoms with van der Waals surface area (Å²) < 4.78 is 0. The van der Waals surface area contributed by atoms with Crippen LogP contribution in [0.3, 0.4) is 0 Å². The Labute approximate surface area is 184 Å². The summed E-state index contributed by atoms with van der Waals surface area (Å²) >= 11 is 0. The van der Waals surface area contributed by atoms with Crippen molar-refractivity contribution in [3.8, 4) is 0 Å². The van der Waals surface area contributed by atoms with Crippen LogP contribution < -0.4 is 0 Å². The largest absolute Gasteiger partial charge is 0.393 e. The molecule has 2 nitrogen and oxygen atoms in total. The van der Waals surface area contributed by atoms with E-state index < -0.39 is 0 Å². The quantitative estimate of drug-likeness (QED) is 0.489. The summed E-state index contributed by atoms with van der Waals surface area (Å²) in [5, 5.41) is 10.8. The third-order valence-electron chi connectivity index (χ3n) is 11.7. The van der Waals surface area contributed by atoms with Crippen LogP contribution in [0.25, 0.3) is 0 Å². The van der Waals surface area contributed by atoms with Gasteiger partial charge in [-0.2, -0.15) is 0 Å². The zero-order chi connectivity index (χ0) is 21.7. The van der Waals surface area contributed by atoms with Crippen LogP contribution in [0.4, 0.5) is 0 Å². The maximum Gasteiger partial charge on any atom is 0.159 e. The summed E-state index contributed by atoms with van der Waals surface area (Å²) in [5.74, 6) is 2.93. The highest BCUT2D eigenvalue weighted by Gasteiger charge is 2.65. The number of carbonyl (C=O) groups is 1. The van der Waals surface area contributed by atoms with Crippen molar-refractivity contribution in [3.05, 3.63) is 11.6 Å². The Hall–Kier alpha value is -0.630. The van der Waals surface area contributed by atoms with E-state index in [1.807, 2.05) is 0 Å². The van der Waals surface area contributed by atoms with E-state index in [1.54, 1.807) is 5.57 Å². The molecule has 0 spiro atoms. The molecule has 1 N–H and O–H groups in total. The minimum atomic E-state index is -0.230. The first-order chi connectivity index (χ1) is 13.9. The van der Waals surface area contributed by atoms with Crippen molar-refractivity contribution in [2.75, 3.05) is 0 Å². The molecule has 9 unspecified atom stereocenters. The highest BCUT2D eigenvalue weighted by molar-refractivity contribution is 5.95. The van der Waals surface area contributed by atoms with Crippen molar-refractivity contribution >= 4 is 5.78 Å². The predicted molar refractivity (Wildman–Crippen MR) is 122 cm³/mol. The average molecular weight is 413 g/mol. The standard InChI is InChI=1S/C28H44O2/c1-17-9-11-26(4)13-14-27(5)18-7-8-22-25(2,3)23(30)10-12-28(22,6)24(18)21(29)16-20(27)19(26)15-17/h16-19,22-24,30H,7-15H2,1-6H3. The predicted octanol–water partition coefficient (Wildman–Crippen LogP) is 6.57. The fourth-order valence-electron chi connectivity index (χ4n) is 9.68. The van der Waals surface area contributed by atoms with Crippen molar-refractivity contribution in [1.29, 1.82) is 0 Å². The normalized spacial score (nSPS) is 54.9. The minimum Gasteiger partial charge on any atom is -0.393 e. The lowest BCUT2D eigenvalue weighted by Gasteiger charge is -2.66. The summed E-state index contributed by atoms with van der Waals surface area (Å²) in [6.07, 6.45) is 12.7. The van der Waals surface area contributed by atoms with Crippen LogP contribution in [0.2, 0.25) is 0 Å². The summed E-state index contributed by atoms with van der Waals surface area (Å²) in [5.41, 5.74) is 2.10. The Balaban J connectivity index is 1.58. The first kappa shape index (κ1) is 21.2. The number of carbonyl (C=O) groups excluding carboxylic acids is 1. The highest BCUT2D eigenvalue weighted by atomic mass is 16.3. The van der Waals surface area contributed by atoms with Crippen LogP contribution >= 0.6 is 0 Å². The second-order valence-electron chi connectivity index (χ2n) is 13.6. The monoisotopic (exact) mass is 412 g/mol. The number of hydrogen-bond donors (Lipinski definition) is 1. The van der Waals surface area contributed by atoms with Gasteiger partial charge in [-0.15, -0.1) is 0 Å². The van der Waals surface area contributed by atoms with Gasteiger partial charge >= 0.3 is 0 Å². The lowest BCUT2D eigenvalue weighted by atomic mass is 9.38. The molecule has 4 fully saturated rings. The molecule has 0 aromatic rings. The molecule has 0 radical (unpaired) electrons. The molecule has 168 valence electrons. The van der Waals surface area contributed by atoms with E-state index in [2.05, 4.69) is 47.6 Å². The number of fused-ring (bicyclic) bond motifs is 7. The molecule has 0 aromatic carbocycles. The van der Waals surface area contributed by atoms with Crippen molar-refractivity contribution in [2.24, 2.45) is 51.2 Å². The van der Waals surface area contributed by atoms with Crippen molar-refractivity contribution in [3.63, 3.8) is 0 Å². The molecule has 0 saturated heterocycles. The van der Waals surface area contributed by atoms with Crippen molar-refractivity contribution in [1.82, 2.24) is 0 Å². The van der Waals surface area contributed by atoms with E-state index in [0.29, 0.717) is 29.0 Å². The van der Waals surface area contributed by atoms with Gasteiger partial charge in [0.1, 0.15) is 0 Å². The van der Waals surface area contributed by atoms with Gasteiger partial charge in [0.15, 0.2) is 5.78 Å². The van der Waals surface area contributed by atoms with E-state index in [-0.39, 0.29) is 28.3 Å². The van der Waals surface area contributed by atoms with E-state index in [0.717, 1.165) is 18.8 Å². The van der Waals surface area contributed by atoms with Crippen LogP contribution in [0.1, 0.15) is 99.3 Å². The fourth-order valence-corrected chi connectivity index (χ4v) is 9.68. The zero-order valence-electron chi connectivity index (χ0n) is 20.3. The smallest absolute Gasteiger partial charge is 0.159 e. The Bertz CT molecular complexity index is 780. The summed E-state index contributed by atoms with van der Waals surface area (Å²) in [4.78, 5) is 13.9. The summed E-state index contributed by atoms with van der Waals surface area (Å²) in [6.45, 7) is 14.4. The number of aliphatic hydroxyl groups excluding tert-OH is 1. The maximum atomic E-state index is 13.9. The van der Waals surface area contributed by atoms with E-state index in [1.165, 1.54) is 44.9 Å². The number of allylic oxidation sites excluding steroid dienone is 2. The van der Waals surface area contributed by atoms with Crippen LogP contribution in [0.15, 0.2) is 11.6 Å². The Kier molecular flexibility index (Phi) is 4.57. The van der Waals surface area contributed by atoms with E-state index in [4.69, 9.17) is 0 Å². The highest BCUT2D eigenvalue weighted by Crippen LogP contribution is 2.70. The van der Waals surface area contributed by atoms with Crippen LogP contribution in [0, 0.1) is 51.2 Å². The van der Waals surface area contributed by atoms with Gasteiger partial charge in [0, 0.05) is 5.92 Å². The molecule has 5 aliphatic rings. The number of hydrogen-bond acceptors (Lipinski definition) is 2. The first-order valence-corrected chi connectivity index (χ1v) is 12.9. The molecule has 0 bridgehead atoms. The molecular formula is C28H44O2. The topological polar surface area (TPSA) is 37.3 Å². The molecule has 2 heteroatoms. The lowest BCUT2D eigenvalue weighted by Crippen LogP contribution is -2.62. The van der Waals surface area contributed by atoms with E-state index >= 15 is 0 Å². The SMILES string of the molecule is CC1CCC2(C)CCC3(C)C(=CC(=O)C4C3CCC3C(C)(C)C(O)CCC43C)C2C1. The van der Waals surface area contributed by atoms with Crippen LogP contribution in [0.5, 0.6) is 0 Å². The maximum absolute atomic E-state index is 13.9. The van der Waals surface area contributed by atoms with Gasteiger partial charge in [0.05, 0.1) is 6.10 Å². The van der Waals surface area contributed by atoms with Gasteiger partial charge in [0.2, 0.25) is 0 Å². The fraction of sp³-hybridized carbons (Fsp3) is 0.893. The van der Waals surface area contributed by atoms with E-state index in [9.17, 15) is 9.90 Å². The number of rotatable bonds is 0. The molecular weight excluding hydrogens is 368 g/mol. The molecule has 5 rings (SSSR count). The zero-order valence-corrected chi connectivity index (χ0v) is 20.3. The average Bonchev–Trinajstić information content (AvgIpc) is 2.68. The van der Waals surface area contributed by atoms with Crippen LogP contribution in [-0.4, -0.2) is 17.0 Å². The Morgan fingerprint density at radius 2 is 1.67 bits per heavy atom. The third-order valence-corrected chi connectivity index (χ3v) is 11.7. The molecule has 5 aliphatic carbocycles. The van der Waals surface area contributed by atoms with Gasteiger partial charge in [-0.3, -0.25) is 4.79 Å². The van der Waals surface area contributed by atoms with Gasteiger partial charge in [-0.05, 0) is 103 Å². The van der Waals surface area contributed by atoms with Crippen molar-refractivity contribution < 1.29 is 9.90 Å². The lowest BCUT2D eigenvalue weighted by molar-refractivity contribution is -0.176. The molecule has 0 aromatic heterocycles. The second-order valence-corrected chi connectivity index (χ2v) is 13.6. The summed E-state index contributed by atoms with van der Waals surface area (Å²) in [7, 11) is 0. The van der Waals surface area contributed by atoms with Gasteiger partial charge in [-0.25, -0.2) is 0 Å². The van der Waals surface area contributed by atoms with Gasteiger partial charge < -0.3 is 5.11 Å².